The first kappa shape index (κ1) is 22.0. The molecule has 1 fully saturated rings. The second kappa shape index (κ2) is 8.19. The molecular formula is C22H26ClFN8O. The van der Waals surface area contributed by atoms with Crippen molar-refractivity contribution in [3.8, 4) is 11.3 Å². The van der Waals surface area contributed by atoms with E-state index in [1.807, 2.05) is 19.1 Å². The standard InChI is InChI=1S/C22H26ClFN8O/c1-10-11(7-8-13-16(10)20(23)32(3)30-13)18-19-21(29-28-18)27-22(14(9-33)26-19)31(2)15-6-4-5-12(25)17(15)24/h7-8,12,15,17,33H,4-6,9,25H2,1-3H3,(H,27,28,29)/t12-,15+,17-/m0/s1. The number of halogens is 2. The number of hydrogen-bond donors (Lipinski definition) is 3. The lowest BCUT2D eigenvalue weighted by molar-refractivity contribution is 0.184. The zero-order chi connectivity index (χ0) is 23.4. The number of aryl methyl sites for hydroxylation is 2. The van der Waals surface area contributed by atoms with E-state index in [0.29, 0.717) is 46.4 Å². The number of nitrogens with one attached hydrogen (secondary N) is 1. The van der Waals surface area contributed by atoms with Crippen LogP contribution in [0.3, 0.4) is 0 Å². The van der Waals surface area contributed by atoms with Crippen molar-refractivity contribution in [2.45, 2.75) is 51.0 Å². The molecule has 4 N–H and O–H groups in total. The van der Waals surface area contributed by atoms with Gasteiger partial charge in [-0.15, -0.1) is 0 Å². The third-order valence-electron chi connectivity index (χ3n) is 6.69. The molecule has 3 heterocycles. The average Bonchev–Trinajstić information content (AvgIpc) is 3.34. The minimum atomic E-state index is -1.18. The SMILES string of the molecule is Cc1c(-c2n[nH]c3nc(N(C)[C@@H]4CCC[C@H](N)[C@@H]4F)c(CO)nc23)ccc2nn(C)c(Cl)c12. The maximum atomic E-state index is 14.8. The summed E-state index contributed by atoms with van der Waals surface area (Å²) >= 11 is 6.46. The number of aliphatic hydroxyl groups is 1. The normalized spacial score (nSPS) is 21.2. The van der Waals surface area contributed by atoms with Gasteiger partial charge < -0.3 is 15.7 Å². The molecule has 0 saturated heterocycles. The van der Waals surface area contributed by atoms with E-state index in [-0.39, 0.29) is 6.61 Å². The van der Waals surface area contributed by atoms with Gasteiger partial charge in [0.1, 0.15) is 28.2 Å². The van der Waals surface area contributed by atoms with Crippen LogP contribution in [0.5, 0.6) is 0 Å². The van der Waals surface area contributed by atoms with Crippen molar-refractivity contribution in [1.82, 2.24) is 29.9 Å². The molecule has 1 aromatic carbocycles. The molecular weight excluding hydrogens is 447 g/mol. The third kappa shape index (κ3) is 3.44. The molecule has 0 radical (unpaired) electrons. The minimum Gasteiger partial charge on any atom is -0.390 e. The van der Waals surface area contributed by atoms with E-state index in [9.17, 15) is 9.50 Å². The van der Waals surface area contributed by atoms with Crippen molar-refractivity contribution < 1.29 is 9.50 Å². The van der Waals surface area contributed by atoms with E-state index < -0.39 is 18.3 Å². The summed E-state index contributed by atoms with van der Waals surface area (Å²) in [4.78, 5) is 11.1. The van der Waals surface area contributed by atoms with Crippen molar-refractivity contribution in [1.29, 1.82) is 0 Å². The van der Waals surface area contributed by atoms with Crippen LogP contribution >= 0.6 is 11.6 Å². The highest BCUT2D eigenvalue weighted by Gasteiger charge is 2.35. The van der Waals surface area contributed by atoms with Gasteiger partial charge in [-0.25, -0.2) is 14.4 Å². The first-order valence-corrected chi connectivity index (χ1v) is 11.3. The van der Waals surface area contributed by atoms with Crippen LogP contribution < -0.4 is 10.6 Å². The summed E-state index contributed by atoms with van der Waals surface area (Å²) in [6.07, 6.45) is 0.990. The lowest BCUT2D eigenvalue weighted by atomic mass is 9.89. The Morgan fingerprint density at radius 1 is 1.33 bits per heavy atom. The van der Waals surface area contributed by atoms with E-state index in [0.717, 1.165) is 28.5 Å². The number of benzene rings is 1. The number of alkyl halides is 1. The summed E-state index contributed by atoms with van der Waals surface area (Å²) in [5.41, 5.74) is 10.4. The van der Waals surface area contributed by atoms with E-state index in [1.165, 1.54) is 0 Å². The topological polar surface area (TPSA) is 122 Å². The Morgan fingerprint density at radius 2 is 2.12 bits per heavy atom. The van der Waals surface area contributed by atoms with E-state index in [1.54, 1.807) is 23.7 Å². The fourth-order valence-corrected chi connectivity index (χ4v) is 5.11. The lowest BCUT2D eigenvalue weighted by Crippen LogP contribution is -2.51. The molecule has 0 amide bonds. The maximum Gasteiger partial charge on any atom is 0.177 e. The molecule has 1 saturated carbocycles. The summed E-state index contributed by atoms with van der Waals surface area (Å²) < 4.78 is 16.5. The van der Waals surface area contributed by atoms with Gasteiger partial charge in [-0.1, -0.05) is 17.7 Å². The number of aliphatic hydroxyl groups excluding tert-OH is 1. The molecule has 1 aliphatic rings. The molecule has 4 aromatic rings. The highest BCUT2D eigenvalue weighted by atomic mass is 35.5. The van der Waals surface area contributed by atoms with Gasteiger partial charge >= 0.3 is 0 Å². The average molecular weight is 473 g/mol. The number of nitrogens with zero attached hydrogens (tertiary/aromatic N) is 6. The first-order chi connectivity index (χ1) is 15.8. The monoisotopic (exact) mass is 472 g/mol. The molecule has 0 bridgehead atoms. The van der Waals surface area contributed by atoms with Crippen molar-refractivity contribution in [3.63, 3.8) is 0 Å². The van der Waals surface area contributed by atoms with Gasteiger partial charge in [-0.05, 0) is 37.8 Å². The highest BCUT2D eigenvalue weighted by molar-refractivity contribution is 6.35. The van der Waals surface area contributed by atoms with Gasteiger partial charge in [0.05, 0.1) is 18.2 Å². The Kier molecular flexibility index (Phi) is 5.46. The van der Waals surface area contributed by atoms with Crippen LogP contribution in [0.15, 0.2) is 12.1 Å². The molecule has 11 heteroatoms. The van der Waals surface area contributed by atoms with Crippen LogP contribution in [0.1, 0.15) is 30.5 Å². The van der Waals surface area contributed by atoms with Gasteiger partial charge in [0.15, 0.2) is 11.5 Å². The molecule has 0 unspecified atom stereocenters. The maximum absolute atomic E-state index is 14.8. The molecule has 174 valence electrons. The molecule has 0 spiro atoms. The Balaban J connectivity index is 1.61. The van der Waals surface area contributed by atoms with Crippen molar-refractivity contribution in [2.24, 2.45) is 12.8 Å². The summed E-state index contributed by atoms with van der Waals surface area (Å²) in [6, 6.07) is 2.89. The zero-order valence-electron chi connectivity index (χ0n) is 18.7. The van der Waals surface area contributed by atoms with Crippen molar-refractivity contribution >= 4 is 39.5 Å². The van der Waals surface area contributed by atoms with E-state index >= 15 is 0 Å². The van der Waals surface area contributed by atoms with Gasteiger partial charge in [-0.2, -0.15) is 10.2 Å². The van der Waals surface area contributed by atoms with Crippen LogP contribution in [0, 0.1) is 6.92 Å². The second-order valence-corrected chi connectivity index (χ2v) is 9.04. The van der Waals surface area contributed by atoms with Gasteiger partial charge in [0.25, 0.3) is 0 Å². The van der Waals surface area contributed by atoms with E-state index in [2.05, 4.69) is 25.3 Å². The summed E-state index contributed by atoms with van der Waals surface area (Å²) in [5.74, 6) is 0.421. The fraction of sp³-hybridized carbons (Fsp3) is 0.455. The van der Waals surface area contributed by atoms with Crippen molar-refractivity contribution in [3.05, 3.63) is 28.5 Å². The molecule has 3 aromatic heterocycles. The van der Waals surface area contributed by atoms with Crippen LogP contribution in [-0.4, -0.2) is 60.4 Å². The molecule has 3 atom stereocenters. The number of rotatable bonds is 4. The largest absolute Gasteiger partial charge is 0.390 e. The molecule has 1 aliphatic carbocycles. The molecule has 9 nitrogen and oxygen atoms in total. The Labute approximate surface area is 194 Å². The summed E-state index contributed by atoms with van der Waals surface area (Å²) in [7, 11) is 3.56. The number of H-pyrrole nitrogens is 1. The van der Waals surface area contributed by atoms with Crippen LogP contribution in [0.4, 0.5) is 10.2 Å². The van der Waals surface area contributed by atoms with E-state index in [4.69, 9.17) is 17.3 Å². The third-order valence-corrected chi connectivity index (χ3v) is 7.12. The number of anilines is 1. The number of nitrogens with two attached hydrogens (primary N) is 1. The van der Waals surface area contributed by atoms with Crippen molar-refractivity contribution in [2.75, 3.05) is 11.9 Å². The Morgan fingerprint density at radius 3 is 2.88 bits per heavy atom. The van der Waals surface area contributed by atoms with Gasteiger partial charge in [0, 0.05) is 31.1 Å². The number of fused-ring (bicyclic) bond motifs is 2. The van der Waals surface area contributed by atoms with Gasteiger partial charge in [0.2, 0.25) is 0 Å². The number of hydrogen-bond acceptors (Lipinski definition) is 7. The molecule has 33 heavy (non-hydrogen) atoms. The number of aromatic nitrogens is 6. The van der Waals surface area contributed by atoms with Crippen LogP contribution in [0.2, 0.25) is 5.15 Å². The lowest BCUT2D eigenvalue weighted by Gasteiger charge is -2.38. The highest BCUT2D eigenvalue weighted by Crippen LogP contribution is 2.36. The van der Waals surface area contributed by atoms with Crippen LogP contribution in [-0.2, 0) is 13.7 Å². The van der Waals surface area contributed by atoms with Crippen LogP contribution in [0.25, 0.3) is 33.3 Å². The quantitative estimate of drug-likeness (QED) is 0.417. The zero-order valence-corrected chi connectivity index (χ0v) is 19.4. The predicted octanol–water partition coefficient (Wildman–Crippen LogP) is 3.01. The Bertz CT molecular complexity index is 1350. The fourth-order valence-electron chi connectivity index (χ4n) is 4.84. The van der Waals surface area contributed by atoms with Gasteiger partial charge in [-0.3, -0.25) is 9.78 Å². The molecule has 5 rings (SSSR count). The molecule has 0 aliphatic heterocycles. The first-order valence-electron chi connectivity index (χ1n) is 10.9. The summed E-state index contributed by atoms with van der Waals surface area (Å²) in [5, 5.41) is 23.3. The second-order valence-electron chi connectivity index (χ2n) is 8.69. The predicted molar refractivity (Wildman–Crippen MR) is 126 cm³/mol. The summed E-state index contributed by atoms with van der Waals surface area (Å²) in [6.45, 7) is 1.62. The smallest absolute Gasteiger partial charge is 0.177 e. The number of aromatic amines is 1. The Hall–Kier alpha value is -2.82. The minimum absolute atomic E-state index is 0.338.